The van der Waals surface area contributed by atoms with Gasteiger partial charge in [0, 0.05) is 11.4 Å². The molecule has 1 aromatic carbocycles. The van der Waals surface area contributed by atoms with E-state index in [1.807, 2.05) is 37.3 Å². The third-order valence-electron chi connectivity index (χ3n) is 3.42. The maximum Gasteiger partial charge on any atom is 0.307 e. The molecule has 0 radical (unpaired) electrons. The fourth-order valence-corrected chi connectivity index (χ4v) is 5.27. The highest BCUT2D eigenvalue weighted by atomic mass is 32.2. The first-order valence-electron chi connectivity index (χ1n) is 7.03. The molecule has 1 aliphatic heterocycles. The van der Waals surface area contributed by atoms with Crippen molar-refractivity contribution in [2.24, 2.45) is 0 Å². The Morgan fingerprint density at radius 2 is 1.86 bits per heavy atom. The van der Waals surface area contributed by atoms with Crippen LogP contribution in [0.25, 0.3) is 0 Å². The summed E-state index contributed by atoms with van der Waals surface area (Å²) in [5.74, 6) is -0.177. The van der Waals surface area contributed by atoms with Gasteiger partial charge in [-0.25, -0.2) is 4.31 Å². The van der Waals surface area contributed by atoms with Crippen LogP contribution >= 0.6 is 11.8 Å². The minimum atomic E-state index is -3.67. The highest BCUT2D eigenvalue weighted by Gasteiger charge is 2.48. The van der Waals surface area contributed by atoms with E-state index in [2.05, 4.69) is 0 Å². The van der Waals surface area contributed by atoms with Crippen LogP contribution in [0.3, 0.4) is 0 Å². The second-order valence-electron chi connectivity index (χ2n) is 4.79. The van der Waals surface area contributed by atoms with Gasteiger partial charge < -0.3 is 0 Å². The van der Waals surface area contributed by atoms with Gasteiger partial charge in [-0.2, -0.15) is 12.7 Å². The van der Waals surface area contributed by atoms with Crippen molar-refractivity contribution in [2.75, 3.05) is 12.4 Å². The second-order valence-corrected chi connectivity index (χ2v) is 7.61. The minimum absolute atomic E-state index is 0.127. The molecule has 116 valence electrons. The van der Waals surface area contributed by atoms with E-state index in [9.17, 15) is 13.2 Å². The van der Waals surface area contributed by atoms with Crippen LogP contribution < -0.4 is 0 Å². The molecule has 0 N–H and O–H groups in total. The number of hydrogen-bond acceptors (Lipinski definition) is 4. The molecule has 0 aliphatic carbocycles. The SMILES string of the molecule is CCCC1C(=O)N(CSc2ccccc2)S(=O)(=O)N1CC. The van der Waals surface area contributed by atoms with Gasteiger partial charge in [0.1, 0.15) is 6.04 Å². The van der Waals surface area contributed by atoms with Crippen molar-refractivity contribution in [2.45, 2.75) is 37.6 Å². The molecule has 0 saturated carbocycles. The number of amides is 1. The third-order valence-corrected chi connectivity index (χ3v) is 6.55. The van der Waals surface area contributed by atoms with Crippen LogP contribution in [0.2, 0.25) is 0 Å². The topological polar surface area (TPSA) is 57.7 Å². The quantitative estimate of drug-likeness (QED) is 0.752. The number of thioether (sulfide) groups is 1. The number of carbonyl (C=O) groups excluding carboxylic acids is 1. The maximum absolute atomic E-state index is 12.5. The van der Waals surface area contributed by atoms with Crippen LogP contribution in [0.4, 0.5) is 0 Å². The average Bonchev–Trinajstić information content (AvgIpc) is 2.65. The zero-order valence-electron chi connectivity index (χ0n) is 12.2. The lowest BCUT2D eigenvalue weighted by Gasteiger charge is -2.18. The van der Waals surface area contributed by atoms with E-state index in [0.717, 1.165) is 15.6 Å². The van der Waals surface area contributed by atoms with Crippen molar-refractivity contribution in [1.82, 2.24) is 8.61 Å². The Hall–Kier alpha value is -1.05. The van der Waals surface area contributed by atoms with Gasteiger partial charge in [-0.05, 0) is 18.6 Å². The zero-order valence-corrected chi connectivity index (χ0v) is 13.9. The van der Waals surface area contributed by atoms with E-state index in [4.69, 9.17) is 0 Å². The van der Waals surface area contributed by atoms with Crippen LogP contribution in [0.1, 0.15) is 26.7 Å². The van der Waals surface area contributed by atoms with Gasteiger partial charge in [0.05, 0.1) is 5.88 Å². The van der Waals surface area contributed by atoms with Gasteiger partial charge in [0.25, 0.3) is 5.91 Å². The number of benzene rings is 1. The Bertz CT molecular complexity index is 589. The van der Waals surface area contributed by atoms with Gasteiger partial charge in [-0.15, -0.1) is 11.8 Å². The molecule has 1 aliphatic rings. The molecule has 1 unspecified atom stereocenters. The number of rotatable bonds is 6. The summed E-state index contributed by atoms with van der Waals surface area (Å²) in [5, 5.41) is 0. The van der Waals surface area contributed by atoms with E-state index >= 15 is 0 Å². The average molecular weight is 328 g/mol. The van der Waals surface area contributed by atoms with E-state index in [0.29, 0.717) is 13.0 Å². The Balaban J connectivity index is 2.16. The molecule has 0 bridgehead atoms. The van der Waals surface area contributed by atoms with Crippen molar-refractivity contribution in [1.29, 1.82) is 0 Å². The summed E-state index contributed by atoms with van der Waals surface area (Å²) in [4.78, 5) is 13.3. The fourth-order valence-electron chi connectivity index (χ4n) is 2.40. The predicted octanol–water partition coefficient (Wildman–Crippen LogP) is 2.31. The van der Waals surface area contributed by atoms with Gasteiger partial charge in [-0.3, -0.25) is 4.79 Å². The number of carbonyl (C=O) groups is 1. The predicted molar refractivity (Wildman–Crippen MR) is 84.0 cm³/mol. The van der Waals surface area contributed by atoms with Crippen LogP contribution in [0.15, 0.2) is 35.2 Å². The van der Waals surface area contributed by atoms with Crippen molar-refractivity contribution < 1.29 is 13.2 Å². The molecular weight excluding hydrogens is 308 g/mol. The molecule has 1 atom stereocenters. The summed E-state index contributed by atoms with van der Waals surface area (Å²) >= 11 is 1.36. The lowest BCUT2D eigenvalue weighted by atomic mass is 10.1. The molecule has 0 aromatic heterocycles. The third kappa shape index (κ3) is 3.25. The van der Waals surface area contributed by atoms with E-state index in [1.165, 1.54) is 16.1 Å². The lowest BCUT2D eigenvalue weighted by Crippen LogP contribution is -2.35. The van der Waals surface area contributed by atoms with E-state index < -0.39 is 16.3 Å². The first-order valence-corrected chi connectivity index (χ1v) is 9.41. The molecule has 0 spiro atoms. The molecule has 21 heavy (non-hydrogen) atoms. The summed E-state index contributed by atoms with van der Waals surface area (Å²) < 4.78 is 27.2. The van der Waals surface area contributed by atoms with Crippen LogP contribution in [-0.2, 0) is 15.0 Å². The molecule has 5 nitrogen and oxygen atoms in total. The van der Waals surface area contributed by atoms with Crippen LogP contribution in [-0.4, -0.2) is 41.4 Å². The van der Waals surface area contributed by atoms with Crippen molar-refractivity contribution in [3.05, 3.63) is 30.3 Å². The van der Waals surface area contributed by atoms with Gasteiger partial charge in [0.2, 0.25) is 0 Å². The normalized spacial score (nSPS) is 21.9. The Kier molecular flexibility index (Phi) is 5.29. The Morgan fingerprint density at radius 3 is 2.43 bits per heavy atom. The van der Waals surface area contributed by atoms with Crippen molar-refractivity contribution >= 4 is 27.9 Å². The highest BCUT2D eigenvalue weighted by molar-refractivity contribution is 8.00. The summed E-state index contributed by atoms with van der Waals surface area (Å²) in [6.45, 7) is 4.04. The smallest absolute Gasteiger partial charge is 0.272 e. The molecule has 1 saturated heterocycles. The highest BCUT2D eigenvalue weighted by Crippen LogP contribution is 2.30. The molecule has 2 rings (SSSR count). The molecule has 1 heterocycles. The van der Waals surface area contributed by atoms with Crippen molar-refractivity contribution in [3.8, 4) is 0 Å². The fraction of sp³-hybridized carbons (Fsp3) is 0.500. The van der Waals surface area contributed by atoms with Crippen LogP contribution in [0, 0.1) is 0 Å². The van der Waals surface area contributed by atoms with E-state index in [-0.39, 0.29) is 11.8 Å². The van der Waals surface area contributed by atoms with E-state index in [1.54, 1.807) is 6.92 Å². The second kappa shape index (κ2) is 6.81. The molecule has 1 amide bonds. The minimum Gasteiger partial charge on any atom is -0.272 e. The summed E-state index contributed by atoms with van der Waals surface area (Å²) in [7, 11) is -3.67. The molecular formula is C14H20N2O3S2. The molecule has 7 heteroatoms. The largest absolute Gasteiger partial charge is 0.307 e. The van der Waals surface area contributed by atoms with Gasteiger partial charge >= 0.3 is 10.2 Å². The maximum atomic E-state index is 12.5. The number of likely N-dealkylation sites (N-methyl/N-ethyl adjacent to an activating group) is 1. The molecule has 1 fully saturated rings. The standard InChI is InChI=1S/C14H20N2O3S2/c1-3-8-13-14(17)16(21(18,19)15(13)4-2)11-20-12-9-6-5-7-10-12/h5-7,9-10,13H,3-4,8,11H2,1-2H3. The first-order chi connectivity index (χ1) is 10.0. The Labute approximate surface area is 130 Å². The van der Waals surface area contributed by atoms with Crippen molar-refractivity contribution in [3.63, 3.8) is 0 Å². The molecule has 1 aromatic rings. The zero-order chi connectivity index (χ0) is 15.5. The lowest BCUT2D eigenvalue weighted by molar-refractivity contribution is -0.127. The monoisotopic (exact) mass is 328 g/mol. The summed E-state index contributed by atoms with van der Waals surface area (Å²) in [6.07, 6.45) is 1.35. The number of hydrogen-bond donors (Lipinski definition) is 0. The van der Waals surface area contributed by atoms with Crippen LogP contribution in [0.5, 0.6) is 0 Å². The number of nitrogens with zero attached hydrogens (tertiary/aromatic N) is 2. The summed E-state index contributed by atoms with van der Waals surface area (Å²) in [5.41, 5.74) is 0. The first kappa shape index (κ1) is 16.3. The van der Waals surface area contributed by atoms with Gasteiger partial charge in [0.15, 0.2) is 0 Å². The van der Waals surface area contributed by atoms with Gasteiger partial charge in [-0.1, -0.05) is 38.5 Å². The Morgan fingerprint density at radius 1 is 1.19 bits per heavy atom. The summed E-state index contributed by atoms with van der Waals surface area (Å²) in [6, 6.07) is 8.94.